The normalized spacial score (nSPS) is 9.62. The van der Waals surface area contributed by atoms with Gasteiger partial charge in [-0.25, -0.2) is 0 Å². The third-order valence-electron chi connectivity index (χ3n) is 2.67. The number of para-hydroxylation sites is 1. The molecule has 21 heavy (non-hydrogen) atoms. The molecule has 0 aliphatic heterocycles. The van der Waals surface area contributed by atoms with Crippen molar-refractivity contribution < 1.29 is 14.3 Å². The van der Waals surface area contributed by atoms with Gasteiger partial charge < -0.3 is 10.5 Å². The van der Waals surface area contributed by atoms with Crippen LogP contribution in [0.3, 0.4) is 0 Å². The van der Waals surface area contributed by atoms with Crippen LogP contribution >= 0.6 is 15.9 Å². The first-order valence-corrected chi connectivity index (χ1v) is 6.65. The van der Waals surface area contributed by atoms with Crippen molar-refractivity contribution in [1.29, 1.82) is 0 Å². The Morgan fingerprint density at radius 1 is 1.10 bits per heavy atom. The molecular weight excluding hydrogens is 345 g/mol. The van der Waals surface area contributed by atoms with Gasteiger partial charge in [0.05, 0.1) is 5.69 Å². The predicted octanol–water partition coefficient (Wildman–Crippen LogP) is 2.81. The fraction of sp³-hybridized carbons (Fsp3) is 0.0667. The summed E-state index contributed by atoms with van der Waals surface area (Å²) >= 11 is 3.31. The maximum Gasteiger partial charge on any atom is 0.308 e. The molecule has 1 radical (unpaired) electrons. The van der Waals surface area contributed by atoms with Crippen molar-refractivity contribution in [1.82, 2.24) is 0 Å². The Labute approximate surface area is 153 Å². The molecule has 2 aromatic rings. The van der Waals surface area contributed by atoms with E-state index in [-0.39, 0.29) is 46.8 Å². The van der Waals surface area contributed by atoms with E-state index in [4.69, 9.17) is 10.5 Å². The number of nitrogens with two attached hydrogens (primary N) is 1. The number of ether oxygens (including phenoxy) is 1. The predicted molar refractivity (Wildman–Crippen MR) is 85.5 cm³/mol. The SMILES string of the molecule is CC(=O)Oc1cccc(C(=O)c2ccc(Br)cc2)c1N.[Na]. The van der Waals surface area contributed by atoms with Crippen molar-refractivity contribution in [2.45, 2.75) is 6.92 Å². The number of halogens is 1. The van der Waals surface area contributed by atoms with Crippen LogP contribution in [-0.4, -0.2) is 41.3 Å². The quantitative estimate of drug-likeness (QED) is 0.302. The number of carbonyl (C=O) groups is 2. The van der Waals surface area contributed by atoms with Gasteiger partial charge in [0.25, 0.3) is 0 Å². The Kier molecular flexibility index (Phi) is 6.61. The monoisotopic (exact) mass is 356 g/mol. The number of hydrogen-bond acceptors (Lipinski definition) is 4. The van der Waals surface area contributed by atoms with Gasteiger partial charge in [0.1, 0.15) is 0 Å². The molecule has 103 valence electrons. The summed E-state index contributed by atoms with van der Waals surface area (Å²) in [6.07, 6.45) is 0. The molecule has 2 aromatic carbocycles. The van der Waals surface area contributed by atoms with E-state index >= 15 is 0 Å². The largest absolute Gasteiger partial charge is 0.424 e. The smallest absolute Gasteiger partial charge is 0.308 e. The summed E-state index contributed by atoms with van der Waals surface area (Å²) in [6, 6.07) is 11.7. The van der Waals surface area contributed by atoms with Crippen molar-refractivity contribution in [3.8, 4) is 5.75 Å². The molecule has 2 N–H and O–H groups in total. The number of ketones is 1. The summed E-state index contributed by atoms with van der Waals surface area (Å²) in [5, 5.41) is 0. The zero-order valence-electron chi connectivity index (χ0n) is 11.7. The zero-order chi connectivity index (χ0) is 14.7. The van der Waals surface area contributed by atoms with Gasteiger partial charge in [-0.3, -0.25) is 9.59 Å². The van der Waals surface area contributed by atoms with E-state index in [1.54, 1.807) is 42.5 Å². The van der Waals surface area contributed by atoms with Crippen LogP contribution in [-0.2, 0) is 4.79 Å². The Bertz CT molecular complexity index is 671. The van der Waals surface area contributed by atoms with Crippen molar-refractivity contribution in [3.63, 3.8) is 0 Å². The van der Waals surface area contributed by atoms with Gasteiger partial charge in [0.2, 0.25) is 0 Å². The molecule has 0 fully saturated rings. The van der Waals surface area contributed by atoms with Crippen molar-refractivity contribution in [3.05, 3.63) is 58.1 Å². The second-order valence-corrected chi connectivity index (χ2v) is 5.06. The summed E-state index contributed by atoms with van der Waals surface area (Å²) in [7, 11) is 0. The molecule has 0 amide bonds. The van der Waals surface area contributed by atoms with E-state index in [9.17, 15) is 9.59 Å². The van der Waals surface area contributed by atoms with E-state index in [0.717, 1.165) is 4.47 Å². The van der Waals surface area contributed by atoms with Crippen LogP contribution in [0.25, 0.3) is 0 Å². The minimum Gasteiger partial charge on any atom is -0.424 e. The number of nitrogen functional groups attached to an aromatic ring is 1. The van der Waals surface area contributed by atoms with Crippen LogP contribution < -0.4 is 10.5 Å². The van der Waals surface area contributed by atoms with Crippen LogP contribution in [0, 0.1) is 0 Å². The number of carbonyl (C=O) groups excluding carboxylic acids is 2. The van der Waals surface area contributed by atoms with E-state index in [1.165, 1.54) is 6.92 Å². The van der Waals surface area contributed by atoms with Crippen LogP contribution in [0.15, 0.2) is 46.9 Å². The maximum absolute atomic E-state index is 12.4. The van der Waals surface area contributed by atoms with Crippen molar-refractivity contribution >= 4 is 62.9 Å². The van der Waals surface area contributed by atoms with Gasteiger partial charge in [-0.05, 0) is 36.4 Å². The maximum atomic E-state index is 12.4. The van der Waals surface area contributed by atoms with Crippen LogP contribution in [0.4, 0.5) is 5.69 Å². The van der Waals surface area contributed by atoms with E-state index in [0.29, 0.717) is 11.1 Å². The number of hydrogen-bond donors (Lipinski definition) is 1. The first kappa shape index (κ1) is 17.9. The van der Waals surface area contributed by atoms with Crippen LogP contribution in [0.2, 0.25) is 0 Å². The first-order valence-electron chi connectivity index (χ1n) is 5.86. The molecule has 4 nitrogen and oxygen atoms in total. The van der Waals surface area contributed by atoms with Gasteiger partial charge in [-0.1, -0.05) is 22.0 Å². The fourth-order valence-corrected chi connectivity index (χ4v) is 2.01. The van der Waals surface area contributed by atoms with Gasteiger partial charge >= 0.3 is 5.97 Å². The molecule has 0 saturated carbocycles. The fourth-order valence-electron chi connectivity index (χ4n) is 1.74. The molecule has 0 aliphatic carbocycles. The first-order chi connectivity index (χ1) is 9.49. The summed E-state index contributed by atoms with van der Waals surface area (Å²) in [5.74, 6) is -0.505. The topological polar surface area (TPSA) is 69.4 Å². The van der Waals surface area contributed by atoms with Gasteiger partial charge in [0.15, 0.2) is 11.5 Å². The van der Waals surface area contributed by atoms with Crippen LogP contribution in [0.5, 0.6) is 5.75 Å². The van der Waals surface area contributed by atoms with Gasteiger partial charge in [-0.2, -0.15) is 0 Å². The second-order valence-electron chi connectivity index (χ2n) is 4.15. The zero-order valence-corrected chi connectivity index (χ0v) is 15.3. The standard InChI is InChI=1S/C15H12BrNO3.Na/c1-9(18)20-13-4-2-3-12(14(13)17)15(19)10-5-7-11(16)8-6-10;/h2-8H,17H2,1H3;. The minimum absolute atomic E-state index is 0. The Morgan fingerprint density at radius 3 is 2.29 bits per heavy atom. The molecule has 6 heteroatoms. The number of benzene rings is 2. The summed E-state index contributed by atoms with van der Waals surface area (Å²) in [4.78, 5) is 23.4. The molecular formula is C15H12BrNNaO3. The summed E-state index contributed by atoms with van der Waals surface area (Å²) in [6.45, 7) is 1.28. The summed E-state index contributed by atoms with van der Waals surface area (Å²) < 4.78 is 5.85. The van der Waals surface area contributed by atoms with Crippen molar-refractivity contribution in [2.24, 2.45) is 0 Å². The molecule has 0 aromatic heterocycles. The molecule has 0 aliphatic rings. The van der Waals surface area contributed by atoms with Gasteiger partial charge in [-0.15, -0.1) is 0 Å². The minimum atomic E-state index is -0.482. The van der Waals surface area contributed by atoms with E-state index in [1.807, 2.05) is 0 Å². The Balaban J connectivity index is 0.00000220. The third kappa shape index (κ3) is 4.41. The molecule has 0 bridgehead atoms. The average Bonchev–Trinajstić information content (AvgIpc) is 2.41. The molecule has 0 saturated heterocycles. The van der Waals surface area contributed by atoms with E-state index in [2.05, 4.69) is 15.9 Å². The van der Waals surface area contributed by atoms with Crippen molar-refractivity contribution in [2.75, 3.05) is 5.73 Å². The number of rotatable bonds is 3. The number of esters is 1. The van der Waals surface area contributed by atoms with E-state index < -0.39 is 5.97 Å². The molecule has 0 heterocycles. The molecule has 0 unspecified atom stereocenters. The molecule has 0 atom stereocenters. The number of anilines is 1. The van der Waals surface area contributed by atoms with Gasteiger partial charge in [0, 0.05) is 52.1 Å². The van der Waals surface area contributed by atoms with Crippen LogP contribution in [0.1, 0.15) is 22.8 Å². The molecule has 2 rings (SSSR count). The third-order valence-corrected chi connectivity index (χ3v) is 3.20. The Hall–Kier alpha value is -1.14. The second kappa shape index (κ2) is 7.75. The molecule has 0 spiro atoms. The summed E-state index contributed by atoms with van der Waals surface area (Å²) in [5.41, 5.74) is 6.88. The average molecular weight is 357 g/mol. The Morgan fingerprint density at radius 2 is 1.71 bits per heavy atom.